The largest absolute Gasteiger partial charge is 0.404 e. The maximum absolute atomic E-state index is 13.2. The first-order valence-corrected chi connectivity index (χ1v) is 7.63. The first kappa shape index (κ1) is 16.5. The SMILES string of the molecule is CC1CCN(CCNC(=O)C2(C(F)(F)F)CCNC2)CC1. The summed E-state index contributed by atoms with van der Waals surface area (Å²) in [6, 6.07) is 0. The summed E-state index contributed by atoms with van der Waals surface area (Å²) < 4.78 is 39.5. The molecule has 0 saturated carbocycles. The summed E-state index contributed by atoms with van der Waals surface area (Å²) in [6.07, 6.45) is -2.45. The van der Waals surface area contributed by atoms with Crippen molar-refractivity contribution in [1.82, 2.24) is 15.5 Å². The molecule has 7 heteroatoms. The van der Waals surface area contributed by atoms with Crippen molar-refractivity contribution in [2.45, 2.75) is 32.4 Å². The average Bonchev–Trinajstić information content (AvgIpc) is 2.91. The number of halogens is 3. The number of rotatable bonds is 4. The van der Waals surface area contributed by atoms with E-state index in [2.05, 4.69) is 22.5 Å². The van der Waals surface area contributed by atoms with Crippen molar-refractivity contribution < 1.29 is 18.0 Å². The molecule has 4 nitrogen and oxygen atoms in total. The van der Waals surface area contributed by atoms with Gasteiger partial charge in [-0.25, -0.2) is 0 Å². The van der Waals surface area contributed by atoms with Crippen molar-refractivity contribution in [2.75, 3.05) is 39.3 Å². The van der Waals surface area contributed by atoms with Gasteiger partial charge in [-0.3, -0.25) is 4.79 Å². The molecule has 0 aromatic heterocycles. The summed E-state index contributed by atoms with van der Waals surface area (Å²) in [7, 11) is 0. The van der Waals surface area contributed by atoms with Crippen LogP contribution in [0.2, 0.25) is 0 Å². The number of hydrogen-bond acceptors (Lipinski definition) is 3. The van der Waals surface area contributed by atoms with Gasteiger partial charge in [0.2, 0.25) is 5.91 Å². The van der Waals surface area contributed by atoms with Crippen molar-refractivity contribution in [3.63, 3.8) is 0 Å². The molecule has 2 fully saturated rings. The number of nitrogens with one attached hydrogen (secondary N) is 2. The number of alkyl halides is 3. The second kappa shape index (κ2) is 6.52. The van der Waals surface area contributed by atoms with E-state index in [-0.39, 0.29) is 26.1 Å². The highest BCUT2D eigenvalue weighted by molar-refractivity contribution is 5.84. The normalized spacial score (nSPS) is 28.8. The van der Waals surface area contributed by atoms with Crippen LogP contribution in [0.25, 0.3) is 0 Å². The van der Waals surface area contributed by atoms with E-state index in [9.17, 15) is 18.0 Å². The zero-order valence-corrected chi connectivity index (χ0v) is 12.4. The molecule has 0 aromatic carbocycles. The number of likely N-dealkylation sites (tertiary alicyclic amines) is 1. The standard InChI is InChI=1S/C14H24F3N3O/c1-11-2-7-20(8-3-11)9-6-19-12(21)13(14(15,16)17)4-5-18-10-13/h11,18H,2-10H2,1H3,(H,19,21). The fourth-order valence-corrected chi connectivity index (χ4v) is 3.04. The Kier molecular flexibility index (Phi) is 5.14. The average molecular weight is 307 g/mol. The lowest BCUT2D eigenvalue weighted by atomic mass is 9.85. The Bertz CT molecular complexity index is 359. The Hall–Kier alpha value is -0.820. The quantitative estimate of drug-likeness (QED) is 0.825. The Morgan fingerprint density at radius 1 is 1.38 bits per heavy atom. The third-order valence-electron chi connectivity index (χ3n) is 4.72. The van der Waals surface area contributed by atoms with Crippen molar-refractivity contribution in [3.8, 4) is 0 Å². The molecule has 0 aromatic rings. The van der Waals surface area contributed by atoms with Crippen molar-refractivity contribution in [1.29, 1.82) is 0 Å². The van der Waals surface area contributed by atoms with Crippen LogP contribution in [0.3, 0.4) is 0 Å². The molecule has 1 unspecified atom stereocenters. The zero-order valence-electron chi connectivity index (χ0n) is 12.4. The van der Waals surface area contributed by atoms with Gasteiger partial charge in [-0.2, -0.15) is 13.2 Å². The first-order valence-electron chi connectivity index (χ1n) is 7.63. The summed E-state index contributed by atoms with van der Waals surface area (Å²) in [5, 5.41) is 5.14. The van der Waals surface area contributed by atoms with Gasteiger partial charge < -0.3 is 15.5 Å². The minimum absolute atomic E-state index is 0.177. The number of amides is 1. The predicted octanol–water partition coefficient (Wildman–Crippen LogP) is 1.38. The Morgan fingerprint density at radius 3 is 2.57 bits per heavy atom. The summed E-state index contributed by atoms with van der Waals surface area (Å²) in [6.45, 7) is 4.96. The van der Waals surface area contributed by atoms with Gasteiger partial charge in [-0.15, -0.1) is 0 Å². The fourth-order valence-electron chi connectivity index (χ4n) is 3.04. The van der Waals surface area contributed by atoms with Crippen LogP contribution < -0.4 is 10.6 Å². The van der Waals surface area contributed by atoms with Crippen LogP contribution in [0.15, 0.2) is 0 Å². The van der Waals surface area contributed by atoms with Crippen LogP contribution in [-0.4, -0.2) is 56.3 Å². The van der Waals surface area contributed by atoms with Gasteiger partial charge >= 0.3 is 6.18 Å². The highest BCUT2D eigenvalue weighted by Gasteiger charge is 2.61. The highest BCUT2D eigenvalue weighted by Crippen LogP contribution is 2.43. The van der Waals surface area contributed by atoms with Crippen LogP contribution in [0.1, 0.15) is 26.2 Å². The molecule has 2 aliphatic heterocycles. The molecule has 0 bridgehead atoms. The van der Waals surface area contributed by atoms with Gasteiger partial charge in [-0.1, -0.05) is 6.92 Å². The molecule has 2 rings (SSSR count). The number of carbonyl (C=O) groups excluding carboxylic acids is 1. The molecular weight excluding hydrogens is 283 g/mol. The van der Waals surface area contributed by atoms with E-state index < -0.39 is 17.5 Å². The van der Waals surface area contributed by atoms with Gasteiger partial charge in [-0.05, 0) is 44.8 Å². The summed E-state index contributed by atoms with van der Waals surface area (Å²) in [5.41, 5.74) is -2.25. The molecule has 0 aliphatic carbocycles. The van der Waals surface area contributed by atoms with Crippen LogP contribution in [-0.2, 0) is 4.79 Å². The molecule has 2 saturated heterocycles. The number of piperidine rings is 1. The van der Waals surface area contributed by atoms with Crippen LogP contribution >= 0.6 is 0 Å². The van der Waals surface area contributed by atoms with E-state index in [0.717, 1.165) is 25.9 Å². The third-order valence-corrected chi connectivity index (χ3v) is 4.72. The van der Waals surface area contributed by atoms with E-state index in [1.54, 1.807) is 0 Å². The molecule has 2 heterocycles. The molecule has 122 valence electrons. The maximum Gasteiger partial charge on any atom is 0.404 e. The topological polar surface area (TPSA) is 44.4 Å². The molecule has 1 amide bonds. The maximum atomic E-state index is 13.2. The predicted molar refractivity (Wildman–Crippen MR) is 73.8 cm³/mol. The lowest BCUT2D eigenvalue weighted by Gasteiger charge is -2.32. The van der Waals surface area contributed by atoms with Gasteiger partial charge in [0.1, 0.15) is 0 Å². The van der Waals surface area contributed by atoms with Gasteiger partial charge in [0.05, 0.1) is 0 Å². The van der Waals surface area contributed by atoms with Gasteiger partial charge in [0.25, 0.3) is 0 Å². The smallest absolute Gasteiger partial charge is 0.354 e. The van der Waals surface area contributed by atoms with E-state index in [4.69, 9.17) is 0 Å². The molecular formula is C14H24F3N3O. The fraction of sp³-hybridized carbons (Fsp3) is 0.929. The van der Waals surface area contributed by atoms with Crippen molar-refractivity contribution in [3.05, 3.63) is 0 Å². The molecule has 2 aliphatic rings. The van der Waals surface area contributed by atoms with E-state index in [1.165, 1.54) is 0 Å². The molecule has 2 N–H and O–H groups in total. The lowest BCUT2D eigenvalue weighted by molar-refractivity contribution is -0.216. The highest BCUT2D eigenvalue weighted by atomic mass is 19.4. The Morgan fingerprint density at radius 2 is 2.05 bits per heavy atom. The van der Waals surface area contributed by atoms with Crippen LogP contribution in [0.4, 0.5) is 13.2 Å². The number of carbonyl (C=O) groups is 1. The monoisotopic (exact) mass is 307 g/mol. The van der Waals surface area contributed by atoms with Crippen LogP contribution in [0.5, 0.6) is 0 Å². The molecule has 0 radical (unpaired) electrons. The van der Waals surface area contributed by atoms with Gasteiger partial charge in [0, 0.05) is 19.6 Å². The van der Waals surface area contributed by atoms with Crippen molar-refractivity contribution >= 4 is 5.91 Å². The molecule has 1 atom stereocenters. The van der Waals surface area contributed by atoms with E-state index in [1.807, 2.05) is 0 Å². The Labute approximate surface area is 123 Å². The lowest BCUT2D eigenvalue weighted by Crippen LogP contribution is -2.53. The minimum Gasteiger partial charge on any atom is -0.354 e. The zero-order chi connectivity index (χ0) is 15.5. The Balaban J connectivity index is 1.81. The number of hydrogen-bond donors (Lipinski definition) is 2. The van der Waals surface area contributed by atoms with Crippen LogP contribution in [0, 0.1) is 11.3 Å². The van der Waals surface area contributed by atoms with Crippen molar-refractivity contribution in [2.24, 2.45) is 11.3 Å². The first-order chi connectivity index (χ1) is 9.85. The minimum atomic E-state index is -4.50. The molecule has 0 spiro atoms. The van der Waals surface area contributed by atoms with Gasteiger partial charge in [0.15, 0.2) is 5.41 Å². The third kappa shape index (κ3) is 3.69. The van der Waals surface area contributed by atoms with E-state index in [0.29, 0.717) is 12.5 Å². The second-order valence-electron chi connectivity index (χ2n) is 6.29. The summed E-state index contributed by atoms with van der Waals surface area (Å²) >= 11 is 0. The molecule has 21 heavy (non-hydrogen) atoms. The van der Waals surface area contributed by atoms with E-state index >= 15 is 0 Å². The summed E-state index contributed by atoms with van der Waals surface area (Å²) in [4.78, 5) is 14.2. The summed E-state index contributed by atoms with van der Waals surface area (Å²) in [5.74, 6) is -0.167. The number of nitrogens with zero attached hydrogens (tertiary/aromatic N) is 1. The second-order valence-corrected chi connectivity index (χ2v) is 6.29.